The maximum Gasteiger partial charge on any atom is 0.242 e. The molecule has 0 aliphatic heterocycles. The highest BCUT2D eigenvalue weighted by Crippen LogP contribution is 2.32. The van der Waals surface area contributed by atoms with E-state index in [0.29, 0.717) is 0 Å². The fourth-order valence-electron chi connectivity index (χ4n) is 1.84. The van der Waals surface area contributed by atoms with Gasteiger partial charge in [-0.2, -0.15) is 0 Å². The van der Waals surface area contributed by atoms with Crippen molar-refractivity contribution in [3.05, 3.63) is 42.0 Å². The van der Waals surface area contributed by atoms with Crippen LogP contribution in [-0.4, -0.2) is 24.1 Å². The lowest BCUT2D eigenvalue weighted by Gasteiger charge is -2.21. The predicted molar refractivity (Wildman–Crippen MR) is 85.6 cm³/mol. The van der Waals surface area contributed by atoms with Gasteiger partial charge in [0.25, 0.3) is 0 Å². The number of aliphatic imine (C=N–C) groups is 1. The number of hydrogen-bond acceptors (Lipinski definition) is 3. The molecule has 0 fully saturated rings. The Labute approximate surface area is 121 Å². The lowest BCUT2D eigenvalue weighted by Crippen LogP contribution is -2.29. The first-order valence-electron chi connectivity index (χ1n) is 6.66. The third-order valence-electron chi connectivity index (χ3n) is 2.67. The second kappa shape index (κ2) is 5.62. The number of nitrogens with zero attached hydrogens (tertiary/aromatic N) is 3. The van der Waals surface area contributed by atoms with Gasteiger partial charge in [-0.15, -0.1) is 0 Å². The molecule has 0 aliphatic rings. The van der Waals surface area contributed by atoms with Gasteiger partial charge in [-0.25, -0.2) is 4.98 Å². The van der Waals surface area contributed by atoms with Crippen molar-refractivity contribution in [1.29, 1.82) is 0 Å². The number of hydrogen-bond donors (Lipinski definition) is 0. The molecule has 1 aromatic heterocycles. The van der Waals surface area contributed by atoms with E-state index in [1.54, 1.807) is 12.5 Å². The summed E-state index contributed by atoms with van der Waals surface area (Å²) in [6.07, 6.45) is 5.47. The summed E-state index contributed by atoms with van der Waals surface area (Å²) < 4.78 is 8.01. The fourth-order valence-corrected chi connectivity index (χ4v) is 2.66. The zero-order valence-electron chi connectivity index (χ0n) is 12.7. The molecule has 2 rings (SSSR count). The Morgan fingerprint density at radius 3 is 2.65 bits per heavy atom. The van der Waals surface area contributed by atoms with Gasteiger partial charge in [0.2, 0.25) is 8.32 Å². The molecule has 0 saturated heterocycles. The summed E-state index contributed by atoms with van der Waals surface area (Å²) in [6.45, 7) is 8.55. The normalized spacial score (nSPS) is 12.1. The van der Waals surface area contributed by atoms with Crippen molar-refractivity contribution in [1.82, 2.24) is 9.55 Å². The maximum atomic E-state index is 6.11. The average molecular weight is 287 g/mol. The number of benzene rings is 1. The van der Waals surface area contributed by atoms with Gasteiger partial charge in [0.05, 0.1) is 18.2 Å². The molecule has 0 bridgehead atoms. The highest BCUT2D eigenvalue weighted by Gasteiger charge is 2.18. The van der Waals surface area contributed by atoms with Gasteiger partial charge in [-0.3, -0.25) is 4.99 Å². The van der Waals surface area contributed by atoms with Crippen LogP contribution < -0.4 is 4.43 Å². The first-order valence-corrected chi connectivity index (χ1v) is 10.1. The number of rotatable bonds is 4. The molecule has 1 aromatic carbocycles. The van der Waals surface area contributed by atoms with Crippen molar-refractivity contribution in [2.24, 2.45) is 12.0 Å². The van der Waals surface area contributed by atoms with Gasteiger partial charge in [-0.05, 0) is 38.2 Å². The molecule has 4 nitrogen and oxygen atoms in total. The minimum absolute atomic E-state index is 0.842. The number of aromatic nitrogens is 2. The second-order valence-corrected chi connectivity index (χ2v) is 10.3. The molecule has 0 N–H and O–H groups in total. The van der Waals surface area contributed by atoms with Crippen molar-refractivity contribution >= 4 is 20.2 Å². The van der Waals surface area contributed by atoms with Crippen LogP contribution in [0.25, 0.3) is 0 Å². The van der Waals surface area contributed by atoms with Gasteiger partial charge in [0.15, 0.2) is 0 Å². The lowest BCUT2D eigenvalue weighted by atomic mass is 10.2. The lowest BCUT2D eigenvalue weighted by molar-refractivity contribution is 0.558. The van der Waals surface area contributed by atoms with Gasteiger partial charge in [0, 0.05) is 13.2 Å². The van der Waals surface area contributed by atoms with E-state index in [0.717, 1.165) is 22.7 Å². The molecule has 0 atom stereocenters. The molecule has 0 saturated carbocycles. The third-order valence-corrected chi connectivity index (χ3v) is 3.50. The van der Waals surface area contributed by atoms with Crippen LogP contribution in [0.2, 0.25) is 19.6 Å². The SMILES string of the molecule is Cc1cccc(O[Si](C)(C)C)c1N=Cc1cn(C)cn1. The van der Waals surface area contributed by atoms with Gasteiger partial charge >= 0.3 is 0 Å². The van der Waals surface area contributed by atoms with Crippen LogP contribution in [0.5, 0.6) is 5.75 Å². The highest BCUT2D eigenvalue weighted by atomic mass is 28.4. The van der Waals surface area contributed by atoms with E-state index in [-0.39, 0.29) is 0 Å². The topological polar surface area (TPSA) is 39.4 Å². The molecule has 2 aromatic rings. The summed E-state index contributed by atoms with van der Waals surface area (Å²) in [6, 6.07) is 6.03. The predicted octanol–water partition coefficient (Wildman–Crippen LogP) is 3.69. The van der Waals surface area contributed by atoms with E-state index >= 15 is 0 Å². The highest BCUT2D eigenvalue weighted by molar-refractivity contribution is 6.70. The number of para-hydroxylation sites is 1. The summed E-state index contributed by atoms with van der Waals surface area (Å²) in [5.41, 5.74) is 2.84. The molecule has 0 aliphatic carbocycles. The van der Waals surface area contributed by atoms with Gasteiger partial charge in [-0.1, -0.05) is 12.1 Å². The maximum absolute atomic E-state index is 6.11. The van der Waals surface area contributed by atoms with Crippen LogP contribution in [0.4, 0.5) is 5.69 Å². The molecule has 106 valence electrons. The van der Waals surface area contributed by atoms with Gasteiger partial charge in [0.1, 0.15) is 11.4 Å². The van der Waals surface area contributed by atoms with E-state index in [1.165, 1.54) is 0 Å². The quantitative estimate of drug-likeness (QED) is 0.635. The van der Waals surface area contributed by atoms with Crippen LogP contribution in [-0.2, 0) is 7.05 Å². The van der Waals surface area contributed by atoms with E-state index in [9.17, 15) is 0 Å². The summed E-state index contributed by atoms with van der Waals surface area (Å²) in [7, 11) is 0.292. The molecule has 5 heteroatoms. The Balaban J connectivity index is 2.32. The molecule has 0 spiro atoms. The van der Waals surface area contributed by atoms with Gasteiger partial charge < -0.3 is 8.99 Å². The van der Waals surface area contributed by atoms with Crippen molar-refractivity contribution in [3.8, 4) is 5.75 Å². The third kappa shape index (κ3) is 3.80. The number of imidazole rings is 1. The summed E-state index contributed by atoms with van der Waals surface area (Å²) >= 11 is 0. The van der Waals surface area contributed by atoms with Crippen LogP contribution in [0.15, 0.2) is 35.7 Å². The van der Waals surface area contributed by atoms with Crippen LogP contribution in [0, 0.1) is 6.92 Å². The van der Waals surface area contributed by atoms with Crippen LogP contribution in [0.3, 0.4) is 0 Å². The molecular weight excluding hydrogens is 266 g/mol. The molecule has 1 heterocycles. The second-order valence-electron chi connectivity index (χ2n) is 5.86. The largest absolute Gasteiger partial charge is 0.543 e. The molecular formula is C15H21N3OSi. The van der Waals surface area contributed by atoms with Crippen molar-refractivity contribution in [3.63, 3.8) is 0 Å². The first kappa shape index (κ1) is 14.5. The Hall–Kier alpha value is -1.88. The smallest absolute Gasteiger partial charge is 0.242 e. The van der Waals surface area contributed by atoms with Crippen LogP contribution >= 0.6 is 0 Å². The fraction of sp³-hybridized carbons (Fsp3) is 0.333. The monoisotopic (exact) mass is 287 g/mol. The van der Waals surface area contributed by atoms with E-state index in [1.807, 2.05) is 42.9 Å². The Kier molecular flexibility index (Phi) is 4.08. The van der Waals surface area contributed by atoms with E-state index in [2.05, 4.69) is 29.6 Å². The van der Waals surface area contributed by atoms with E-state index in [4.69, 9.17) is 4.43 Å². The Bertz CT molecular complexity index is 626. The number of aryl methyl sites for hydroxylation is 2. The summed E-state index contributed by atoms with van der Waals surface area (Å²) in [4.78, 5) is 8.82. The van der Waals surface area contributed by atoms with Crippen molar-refractivity contribution < 1.29 is 4.43 Å². The van der Waals surface area contributed by atoms with Crippen molar-refractivity contribution in [2.45, 2.75) is 26.6 Å². The summed E-state index contributed by atoms with van der Waals surface area (Å²) in [5.74, 6) is 0.858. The zero-order chi connectivity index (χ0) is 14.8. The molecule has 0 unspecified atom stereocenters. The molecule has 20 heavy (non-hydrogen) atoms. The first-order chi connectivity index (χ1) is 9.35. The Morgan fingerprint density at radius 2 is 2.05 bits per heavy atom. The Morgan fingerprint density at radius 1 is 1.30 bits per heavy atom. The average Bonchev–Trinajstić information content (AvgIpc) is 2.72. The summed E-state index contributed by atoms with van der Waals surface area (Å²) in [5, 5.41) is 0. The standard InChI is InChI=1S/C15H21N3OSi/c1-12-7-6-8-14(19-20(3,4)5)15(12)16-9-13-10-18(2)11-17-13/h6-11H,1-5H3. The minimum Gasteiger partial charge on any atom is -0.543 e. The van der Waals surface area contributed by atoms with E-state index < -0.39 is 8.32 Å². The molecule has 0 radical (unpaired) electrons. The minimum atomic E-state index is -1.65. The van der Waals surface area contributed by atoms with Crippen LogP contribution in [0.1, 0.15) is 11.3 Å². The molecule has 0 amide bonds. The van der Waals surface area contributed by atoms with Crippen molar-refractivity contribution in [2.75, 3.05) is 0 Å². The zero-order valence-corrected chi connectivity index (χ0v) is 13.7.